The van der Waals surface area contributed by atoms with Crippen LogP contribution < -0.4 is 5.32 Å². The van der Waals surface area contributed by atoms with Crippen LogP contribution in [-0.4, -0.2) is 11.5 Å². The van der Waals surface area contributed by atoms with Gasteiger partial charge in [-0.15, -0.1) is 11.3 Å². The maximum atomic E-state index is 4.49. The van der Waals surface area contributed by atoms with Crippen molar-refractivity contribution in [3.05, 3.63) is 51.7 Å². The molecule has 3 aromatic heterocycles. The molecule has 0 saturated heterocycles. The van der Waals surface area contributed by atoms with Gasteiger partial charge in [0.2, 0.25) is 0 Å². The SMILES string of the molecule is CC(NCCc1ccsc1)c1cnc2ccsc2c1. The monoisotopic (exact) mass is 288 g/mol. The minimum absolute atomic E-state index is 0.345. The highest BCUT2D eigenvalue weighted by molar-refractivity contribution is 7.17. The van der Waals surface area contributed by atoms with E-state index in [1.54, 1.807) is 22.7 Å². The van der Waals surface area contributed by atoms with Crippen LogP contribution >= 0.6 is 22.7 Å². The quantitative estimate of drug-likeness (QED) is 0.759. The third kappa shape index (κ3) is 3.03. The number of aromatic nitrogens is 1. The molecule has 0 aromatic carbocycles. The summed E-state index contributed by atoms with van der Waals surface area (Å²) < 4.78 is 1.27. The van der Waals surface area contributed by atoms with E-state index in [4.69, 9.17) is 0 Å². The normalized spacial score (nSPS) is 12.9. The smallest absolute Gasteiger partial charge is 0.0809 e. The van der Waals surface area contributed by atoms with Crippen molar-refractivity contribution in [2.45, 2.75) is 19.4 Å². The molecule has 98 valence electrons. The van der Waals surface area contributed by atoms with Crippen LogP contribution in [0.2, 0.25) is 0 Å². The Hall–Kier alpha value is -1.23. The first-order chi connectivity index (χ1) is 9.33. The molecule has 19 heavy (non-hydrogen) atoms. The van der Waals surface area contributed by atoms with Gasteiger partial charge in [-0.1, -0.05) is 0 Å². The van der Waals surface area contributed by atoms with Gasteiger partial charge in [0.1, 0.15) is 0 Å². The van der Waals surface area contributed by atoms with Gasteiger partial charge in [-0.25, -0.2) is 0 Å². The minimum atomic E-state index is 0.345. The number of thiophene rings is 2. The molecule has 0 radical (unpaired) electrons. The fourth-order valence-corrected chi connectivity index (χ4v) is 3.58. The highest BCUT2D eigenvalue weighted by atomic mass is 32.1. The molecular weight excluding hydrogens is 272 g/mol. The molecule has 0 saturated carbocycles. The number of fused-ring (bicyclic) bond motifs is 1. The van der Waals surface area contributed by atoms with Crippen molar-refractivity contribution >= 4 is 32.9 Å². The Morgan fingerprint density at radius 2 is 2.26 bits per heavy atom. The van der Waals surface area contributed by atoms with Crippen LogP contribution in [0.1, 0.15) is 24.1 Å². The van der Waals surface area contributed by atoms with E-state index in [1.807, 2.05) is 6.20 Å². The predicted octanol–water partition coefficient (Wildman–Crippen LogP) is 4.25. The van der Waals surface area contributed by atoms with Crippen LogP contribution in [0.5, 0.6) is 0 Å². The Balaban J connectivity index is 1.61. The molecular formula is C15H16N2S2. The molecule has 0 aliphatic rings. The fourth-order valence-electron chi connectivity index (χ4n) is 2.08. The van der Waals surface area contributed by atoms with Crippen molar-refractivity contribution < 1.29 is 0 Å². The first-order valence-corrected chi connectivity index (χ1v) is 8.23. The Morgan fingerprint density at radius 3 is 3.11 bits per heavy atom. The number of nitrogens with zero attached hydrogens (tertiary/aromatic N) is 1. The van der Waals surface area contributed by atoms with E-state index < -0.39 is 0 Å². The second kappa shape index (κ2) is 5.82. The highest BCUT2D eigenvalue weighted by Gasteiger charge is 2.07. The highest BCUT2D eigenvalue weighted by Crippen LogP contribution is 2.22. The summed E-state index contributed by atoms with van der Waals surface area (Å²) in [6.45, 7) is 3.20. The van der Waals surface area contributed by atoms with E-state index in [2.05, 4.69) is 51.6 Å². The molecule has 0 aliphatic heterocycles. The van der Waals surface area contributed by atoms with Gasteiger partial charge < -0.3 is 5.32 Å². The summed E-state index contributed by atoms with van der Waals surface area (Å²) in [5, 5.41) is 10.0. The third-order valence-corrected chi connectivity index (χ3v) is 4.85. The lowest BCUT2D eigenvalue weighted by Gasteiger charge is -2.13. The lowest BCUT2D eigenvalue weighted by atomic mass is 10.1. The number of nitrogens with one attached hydrogen (secondary N) is 1. The van der Waals surface area contributed by atoms with Gasteiger partial charge in [-0.3, -0.25) is 4.98 Å². The molecule has 1 atom stereocenters. The van der Waals surface area contributed by atoms with Gasteiger partial charge in [-0.2, -0.15) is 11.3 Å². The van der Waals surface area contributed by atoms with Gasteiger partial charge in [0.15, 0.2) is 0 Å². The van der Waals surface area contributed by atoms with Crippen molar-refractivity contribution in [2.24, 2.45) is 0 Å². The minimum Gasteiger partial charge on any atom is -0.310 e. The summed E-state index contributed by atoms with van der Waals surface area (Å²) in [5.41, 5.74) is 3.77. The van der Waals surface area contributed by atoms with Gasteiger partial charge in [0.25, 0.3) is 0 Å². The first kappa shape index (κ1) is 12.8. The number of rotatable bonds is 5. The summed E-state index contributed by atoms with van der Waals surface area (Å²) in [6, 6.07) is 6.85. The number of hydrogen-bond acceptors (Lipinski definition) is 4. The van der Waals surface area contributed by atoms with Crippen LogP contribution in [0.25, 0.3) is 10.2 Å². The van der Waals surface area contributed by atoms with Gasteiger partial charge in [0, 0.05) is 12.2 Å². The van der Waals surface area contributed by atoms with E-state index in [0.717, 1.165) is 18.5 Å². The molecule has 3 aromatic rings. The van der Waals surface area contributed by atoms with Gasteiger partial charge >= 0.3 is 0 Å². The van der Waals surface area contributed by atoms with Gasteiger partial charge in [-0.05, 0) is 65.4 Å². The standard InChI is InChI=1S/C15H16N2S2/c1-11(16-5-2-12-3-6-18-10-12)13-8-15-14(17-9-13)4-7-19-15/h3-4,6-11,16H,2,5H2,1H3. The van der Waals surface area contributed by atoms with Crippen molar-refractivity contribution in [3.8, 4) is 0 Å². The lowest BCUT2D eigenvalue weighted by molar-refractivity contribution is 0.576. The number of hydrogen-bond donors (Lipinski definition) is 1. The average Bonchev–Trinajstić information content (AvgIpc) is 3.08. The molecule has 0 fully saturated rings. The maximum Gasteiger partial charge on any atom is 0.0809 e. The zero-order valence-electron chi connectivity index (χ0n) is 10.8. The topological polar surface area (TPSA) is 24.9 Å². The van der Waals surface area contributed by atoms with Crippen LogP contribution in [0.3, 0.4) is 0 Å². The Labute approximate surface area is 121 Å². The summed E-state index contributed by atoms with van der Waals surface area (Å²) in [4.78, 5) is 4.49. The second-order valence-corrected chi connectivity index (χ2v) is 6.36. The summed E-state index contributed by atoms with van der Waals surface area (Å²) in [5.74, 6) is 0. The molecule has 4 heteroatoms. The molecule has 0 amide bonds. The molecule has 3 heterocycles. The summed E-state index contributed by atoms with van der Waals surface area (Å²) in [6.07, 6.45) is 3.07. The van der Waals surface area contributed by atoms with Crippen molar-refractivity contribution in [1.82, 2.24) is 10.3 Å². The van der Waals surface area contributed by atoms with E-state index in [1.165, 1.54) is 15.8 Å². The van der Waals surface area contributed by atoms with E-state index in [-0.39, 0.29) is 0 Å². The molecule has 0 aliphatic carbocycles. The van der Waals surface area contributed by atoms with E-state index in [9.17, 15) is 0 Å². The zero-order chi connectivity index (χ0) is 13.1. The van der Waals surface area contributed by atoms with Crippen LogP contribution in [0.15, 0.2) is 40.5 Å². The molecule has 2 nitrogen and oxygen atoms in total. The Kier molecular flexibility index (Phi) is 3.92. The van der Waals surface area contributed by atoms with Crippen molar-refractivity contribution in [2.75, 3.05) is 6.54 Å². The Bertz CT molecular complexity index is 643. The summed E-state index contributed by atoms with van der Waals surface area (Å²) >= 11 is 3.51. The van der Waals surface area contributed by atoms with Crippen LogP contribution in [0.4, 0.5) is 0 Å². The van der Waals surface area contributed by atoms with Gasteiger partial charge in [0.05, 0.1) is 10.2 Å². The summed E-state index contributed by atoms with van der Waals surface area (Å²) in [7, 11) is 0. The number of pyridine rings is 1. The Morgan fingerprint density at radius 1 is 1.32 bits per heavy atom. The zero-order valence-corrected chi connectivity index (χ0v) is 12.4. The predicted molar refractivity (Wildman–Crippen MR) is 84.1 cm³/mol. The molecule has 1 unspecified atom stereocenters. The lowest BCUT2D eigenvalue weighted by Crippen LogP contribution is -2.21. The first-order valence-electron chi connectivity index (χ1n) is 6.40. The maximum absolute atomic E-state index is 4.49. The van der Waals surface area contributed by atoms with Crippen molar-refractivity contribution in [3.63, 3.8) is 0 Å². The average molecular weight is 288 g/mol. The van der Waals surface area contributed by atoms with Crippen LogP contribution in [0, 0.1) is 0 Å². The molecule has 0 spiro atoms. The molecule has 0 bridgehead atoms. The molecule has 3 rings (SSSR count). The molecule has 1 N–H and O–H groups in total. The van der Waals surface area contributed by atoms with Crippen molar-refractivity contribution in [1.29, 1.82) is 0 Å². The third-order valence-electron chi connectivity index (χ3n) is 3.27. The largest absolute Gasteiger partial charge is 0.310 e. The van der Waals surface area contributed by atoms with E-state index >= 15 is 0 Å². The van der Waals surface area contributed by atoms with Crippen LogP contribution in [-0.2, 0) is 6.42 Å². The van der Waals surface area contributed by atoms with E-state index in [0.29, 0.717) is 6.04 Å². The second-order valence-electron chi connectivity index (χ2n) is 4.63. The fraction of sp³-hybridized carbons (Fsp3) is 0.267.